The highest BCUT2D eigenvalue weighted by atomic mass is 16.5. The van der Waals surface area contributed by atoms with E-state index in [4.69, 9.17) is 4.74 Å². The van der Waals surface area contributed by atoms with Crippen molar-refractivity contribution in [3.05, 3.63) is 53.4 Å². The van der Waals surface area contributed by atoms with E-state index in [0.29, 0.717) is 0 Å². The van der Waals surface area contributed by atoms with Crippen molar-refractivity contribution < 1.29 is 14.3 Å². The summed E-state index contributed by atoms with van der Waals surface area (Å²) in [4.78, 5) is 23.3. The number of methoxy groups -OCH3 is 1. The van der Waals surface area contributed by atoms with Gasteiger partial charge in [-0.3, -0.25) is 25.5 Å². The summed E-state index contributed by atoms with van der Waals surface area (Å²) in [5.41, 5.74) is 6.36. The van der Waals surface area contributed by atoms with Gasteiger partial charge in [-0.05, 0) is 36.8 Å². The highest BCUT2D eigenvalue weighted by Crippen LogP contribution is 2.12. The molecule has 0 saturated heterocycles. The molecule has 0 aliphatic heterocycles. The molecule has 0 radical (unpaired) electrons. The van der Waals surface area contributed by atoms with Gasteiger partial charge in [0.1, 0.15) is 5.75 Å². The van der Waals surface area contributed by atoms with Gasteiger partial charge in [0.25, 0.3) is 11.8 Å². The maximum Gasteiger partial charge on any atom is 0.290 e. The van der Waals surface area contributed by atoms with Crippen LogP contribution >= 0.6 is 0 Å². The number of carbonyl (C=O) groups is 2. The number of ether oxygens (including phenoxy) is 1. The molecular formula is C15H16N4O3. The largest absolute Gasteiger partial charge is 0.497 e. The number of aryl methyl sites for hydroxylation is 1. The number of hydrogen-bond acceptors (Lipinski definition) is 4. The quantitative estimate of drug-likeness (QED) is 0.584. The molecule has 0 unspecified atom stereocenters. The van der Waals surface area contributed by atoms with Crippen molar-refractivity contribution in [3.8, 4) is 5.75 Å². The van der Waals surface area contributed by atoms with Crippen LogP contribution in [0.1, 0.15) is 21.7 Å². The second-order valence-corrected chi connectivity index (χ2v) is 4.49. The van der Waals surface area contributed by atoms with Gasteiger partial charge in [0.2, 0.25) is 0 Å². The highest BCUT2D eigenvalue weighted by Gasteiger charge is 2.08. The fourth-order valence-corrected chi connectivity index (χ4v) is 1.65. The first-order chi connectivity index (χ1) is 10.6. The number of aromatic amines is 1. The second-order valence-electron chi connectivity index (χ2n) is 4.49. The molecule has 7 heteroatoms. The first-order valence-electron chi connectivity index (χ1n) is 6.53. The Balaban J connectivity index is 1.84. The number of aromatic nitrogens is 2. The molecule has 2 amide bonds. The van der Waals surface area contributed by atoms with Crippen molar-refractivity contribution in [3.63, 3.8) is 0 Å². The van der Waals surface area contributed by atoms with E-state index in [1.165, 1.54) is 6.08 Å². The highest BCUT2D eigenvalue weighted by molar-refractivity contribution is 5.96. The van der Waals surface area contributed by atoms with E-state index in [1.54, 1.807) is 38.3 Å². The molecule has 0 saturated carbocycles. The third-order valence-corrected chi connectivity index (χ3v) is 2.78. The van der Waals surface area contributed by atoms with E-state index in [1.807, 2.05) is 12.1 Å². The van der Waals surface area contributed by atoms with Crippen molar-refractivity contribution in [2.75, 3.05) is 7.11 Å². The van der Waals surface area contributed by atoms with Crippen LogP contribution in [0.3, 0.4) is 0 Å². The number of hydrogen-bond donors (Lipinski definition) is 3. The SMILES string of the molecule is COc1ccc(/C=C/C(=O)NNC(=O)c2cc(C)[nH]n2)cc1. The van der Waals surface area contributed by atoms with Crippen LogP contribution in [-0.2, 0) is 4.79 Å². The zero-order chi connectivity index (χ0) is 15.9. The number of nitrogens with one attached hydrogen (secondary N) is 3. The average molecular weight is 300 g/mol. The predicted molar refractivity (Wildman–Crippen MR) is 81.0 cm³/mol. The Hall–Kier alpha value is -3.09. The number of benzene rings is 1. The number of nitrogens with zero attached hydrogens (tertiary/aromatic N) is 1. The minimum absolute atomic E-state index is 0.205. The molecule has 0 aliphatic rings. The summed E-state index contributed by atoms with van der Waals surface area (Å²) in [6, 6.07) is 8.79. The number of hydrazine groups is 1. The summed E-state index contributed by atoms with van der Waals surface area (Å²) in [5, 5.41) is 6.43. The Morgan fingerprint density at radius 1 is 1.23 bits per heavy atom. The van der Waals surface area contributed by atoms with Crippen LogP contribution in [0.4, 0.5) is 0 Å². The Morgan fingerprint density at radius 2 is 1.95 bits per heavy atom. The summed E-state index contributed by atoms with van der Waals surface area (Å²) < 4.78 is 5.04. The van der Waals surface area contributed by atoms with E-state index < -0.39 is 11.8 Å². The van der Waals surface area contributed by atoms with E-state index in [9.17, 15) is 9.59 Å². The van der Waals surface area contributed by atoms with E-state index >= 15 is 0 Å². The van der Waals surface area contributed by atoms with Crippen LogP contribution in [0.25, 0.3) is 6.08 Å². The number of rotatable bonds is 4. The number of carbonyl (C=O) groups excluding carboxylic acids is 2. The lowest BCUT2D eigenvalue weighted by atomic mass is 10.2. The molecule has 0 atom stereocenters. The lowest BCUT2D eigenvalue weighted by Crippen LogP contribution is -2.40. The van der Waals surface area contributed by atoms with Crippen molar-refractivity contribution in [1.29, 1.82) is 0 Å². The molecule has 0 fully saturated rings. The van der Waals surface area contributed by atoms with E-state index in [2.05, 4.69) is 21.0 Å². The molecule has 2 aromatic rings. The fourth-order valence-electron chi connectivity index (χ4n) is 1.65. The van der Waals surface area contributed by atoms with Crippen LogP contribution < -0.4 is 15.6 Å². The zero-order valence-corrected chi connectivity index (χ0v) is 12.2. The van der Waals surface area contributed by atoms with Gasteiger partial charge in [-0.2, -0.15) is 5.10 Å². The molecule has 7 nitrogen and oxygen atoms in total. The predicted octanol–water partition coefficient (Wildman–Crippen LogP) is 1.20. The number of amides is 2. The average Bonchev–Trinajstić information content (AvgIpc) is 2.97. The fraction of sp³-hybridized carbons (Fsp3) is 0.133. The van der Waals surface area contributed by atoms with Gasteiger partial charge in [-0.15, -0.1) is 0 Å². The monoisotopic (exact) mass is 300 g/mol. The zero-order valence-electron chi connectivity index (χ0n) is 12.2. The van der Waals surface area contributed by atoms with Gasteiger partial charge < -0.3 is 4.74 Å². The van der Waals surface area contributed by atoms with Crippen molar-refractivity contribution in [2.45, 2.75) is 6.92 Å². The summed E-state index contributed by atoms with van der Waals surface area (Å²) in [7, 11) is 1.59. The van der Waals surface area contributed by atoms with Crippen LogP contribution in [-0.4, -0.2) is 29.1 Å². The van der Waals surface area contributed by atoms with E-state index in [-0.39, 0.29) is 5.69 Å². The third-order valence-electron chi connectivity index (χ3n) is 2.78. The first kappa shape index (κ1) is 15.3. The molecule has 114 valence electrons. The van der Waals surface area contributed by atoms with Crippen LogP contribution in [0.2, 0.25) is 0 Å². The molecule has 3 N–H and O–H groups in total. The van der Waals surface area contributed by atoms with Gasteiger partial charge in [0.15, 0.2) is 5.69 Å². The van der Waals surface area contributed by atoms with Crippen molar-refractivity contribution in [1.82, 2.24) is 21.0 Å². The van der Waals surface area contributed by atoms with Gasteiger partial charge in [-0.1, -0.05) is 12.1 Å². The summed E-state index contributed by atoms with van der Waals surface area (Å²) in [6.07, 6.45) is 2.94. The Morgan fingerprint density at radius 3 is 2.55 bits per heavy atom. The lowest BCUT2D eigenvalue weighted by Gasteiger charge is -2.02. The normalized spacial score (nSPS) is 10.5. The molecule has 1 aromatic heterocycles. The second kappa shape index (κ2) is 7.07. The van der Waals surface area contributed by atoms with Gasteiger partial charge in [0.05, 0.1) is 7.11 Å². The minimum Gasteiger partial charge on any atom is -0.497 e. The Bertz CT molecular complexity index is 689. The topological polar surface area (TPSA) is 96.1 Å². The molecule has 2 rings (SSSR count). The number of H-pyrrole nitrogens is 1. The minimum atomic E-state index is -0.490. The van der Waals surface area contributed by atoms with Crippen molar-refractivity contribution >= 4 is 17.9 Å². The van der Waals surface area contributed by atoms with Crippen LogP contribution in [0, 0.1) is 6.92 Å². The van der Waals surface area contributed by atoms with Crippen molar-refractivity contribution in [2.24, 2.45) is 0 Å². The van der Waals surface area contributed by atoms with Gasteiger partial charge >= 0.3 is 0 Å². The third kappa shape index (κ3) is 4.20. The molecule has 0 spiro atoms. The van der Waals surface area contributed by atoms with E-state index in [0.717, 1.165) is 17.0 Å². The molecule has 0 aliphatic carbocycles. The van der Waals surface area contributed by atoms with Crippen LogP contribution in [0.15, 0.2) is 36.4 Å². The summed E-state index contributed by atoms with van der Waals surface area (Å²) in [5.74, 6) is -0.199. The first-order valence-corrected chi connectivity index (χ1v) is 6.53. The van der Waals surface area contributed by atoms with Gasteiger partial charge in [-0.25, -0.2) is 0 Å². The Labute approximate surface area is 127 Å². The summed E-state index contributed by atoms with van der Waals surface area (Å²) in [6.45, 7) is 1.78. The Kier molecular flexibility index (Phi) is 4.92. The summed E-state index contributed by atoms with van der Waals surface area (Å²) >= 11 is 0. The maximum atomic E-state index is 11.7. The standard InChI is InChI=1S/C15H16N4O3/c1-10-9-13(17-16-10)15(21)19-18-14(20)8-5-11-3-6-12(22-2)7-4-11/h3-9H,1-2H3,(H,16,17)(H,18,20)(H,19,21)/b8-5+. The molecule has 1 aromatic carbocycles. The molecule has 1 heterocycles. The lowest BCUT2D eigenvalue weighted by molar-refractivity contribution is -0.117. The van der Waals surface area contributed by atoms with Crippen LogP contribution in [0.5, 0.6) is 5.75 Å². The maximum absolute atomic E-state index is 11.7. The molecule has 22 heavy (non-hydrogen) atoms. The molecular weight excluding hydrogens is 284 g/mol. The van der Waals surface area contributed by atoms with Gasteiger partial charge in [0, 0.05) is 11.8 Å². The molecule has 0 bridgehead atoms. The smallest absolute Gasteiger partial charge is 0.290 e.